The molecule has 0 unspecified atom stereocenters. The number of fused-ring (bicyclic) bond motifs is 2. The number of nitrogens with one attached hydrogen (secondary N) is 1. The number of imidazole rings is 1. The first-order valence-corrected chi connectivity index (χ1v) is 9.85. The van der Waals surface area contributed by atoms with Crippen molar-refractivity contribution in [3.63, 3.8) is 0 Å². The van der Waals surface area contributed by atoms with Crippen LogP contribution < -0.4 is 10.1 Å². The zero-order valence-electron chi connectivity index (χ0n) is 15.9. The fraction of sp³-hybridized carbons (Fsp3) is 0.250. The molecule has 0 atom stereocenters. The minimum absolute atomic E-state index is 0. The molecule has 0 fully saturated rings. The maximum absolute atomic E-state index is 14.8. The second-order valence-corrected chi connectivity index (χ2v) is 7.79. The van der Waals surface area contributed by atoms with Gasteiger partial charge in [0.2, 0.25) is 0 Å². The largest absolute Gasteiger partial charge is 0.493 e. The van der Waals surface area contributed by atoms with Gasteiger partial charge in [0.05, 0.1) is 29.4 Å². The van der Waals surface area contributed by atoms with Gasteiger partial charge in [-0.05, 0) is 37.6 Å². The van der Waals surface area contributed by atoms with Crippen LogP contribution in [0.15, 0.2) is 30.5 Å². The van der Waals surface area contributed by atoms with E-state index >= 15 is 0 Å². The Bertz CT molecular complexity index is 1250. The summed E-state index contributed by atoms with van der Waals surface area (Å²) in [5.74, 6) is 0.260. The van der Waals surface area contributed by atoms with Crippen molar-refractivity contribution in [2.45, 2.75) is 13.3 Å². The quantitative estimate of drug-likeness (QED) is 0.525. The van der Waals surface area contributed by atoms with Crippen LogP contribution in [0.3, 0.4) is 0 Å². The molecule has 0 saturated heterocycles. The van der Waals surface area contributed by atoms with Gasteiger partial charge in [-0.1, -0.05) is 6.08 Å². The highest BCUT2D eigenvalue weighted by molar-refractivity contribution is 7.19. The topological polar surface area (TPSA) is 64.3 Å². The molecular weight excluding hydrogens is 413 g/mol. The average molecular weight is 432 g/mol. The number of thiazole rings is 1. The van der Waals surface area contributed by atoms with E-state index in [0.29, 0.717) is 28.2 Å². The van der Waals surface area contributed by atoms with Crippen LogP contribution in [-0.4, -0.2) is 39.8 Å². The van der Waals surface area contributed by atoms with E-state index in [9.17, 15) is 4.39 Å². The molecule has 0 saturated carbocycles. The summed E-state index contributed by atoms with van der Waals surface area (Å²) < 4.78 is 22.8. The first-order chi connectivity index (χ1) is 13.6. The van der Waals surface area contributed by atoms with Gasteiger partial charge in [-0.25, -0.2) is 18.9 Å². The van der Waals surface area contributed by atoms with E-state index < -0.39 is 0 Å². The summed E-state index contributed by atoms with van der Waals surface area (Å²) in [6.07, 6.45) is 4.86. The molecule has 1 N–H and O–H groups in total. The molecule has 0 bridgehead atoms. The van der Waals surface area contributed by atoms with Crippen LogP contribution in [0.5, 0.6) is 5.75 Å². The van der Waals surface area contributed by atoms with Gasteiger partial charge in [0.15, 0.2) is 17.2 Å². The highest BCUT2D eigenvalue weighted by atomic mass is 35.5. The van der Waals surface area contributed by atoms with Gasteiger partial charge in [-0.3, -0.25) is 0 Å². The van der Waals surface area contributed by atoms with Crippen molar-refractivity contribution in [1.82, 2.24) is 24.9 Å². The molecule has 1 aliphatic rings. The maximum atomic E-state index is 14.8. The molecule has 4 aromatic rings. The summed E-state index contributed by atoms with van der Waals surface area (Å²) in [7, 11) is 1.59. The van der Waals surface area contributed by atoms with E-state index in [2.05, 4.69) is 26.5 Å². The third kappa shape index (κ3) is 3.48. The number of nitrogens with zero attached hydrogens (tertiary/aromatic N) is 4. The van der Waals surface area contributed by atoms with Crippen LogP contribution in [0.1, 0.15) is 17.1 Å². The lowest BCUT2D eigenvalue weighted by Gasteiger charge is -2.10. The zero-order valence-corrected chi connectivity index (χ0v) is 17.5. The summed E-state index contributed by atoms with van der Waals surface area (Å²) in [6, 6.07) is 5.22. The fourth-order valence-electron chi connectivity index (χ4n) is 3.45. The first kappa shape index (κ1) is 19.8. The summed E-state index contributed by atoms with van der Waals surface area (Å²) >= 11 is 1.52. The summed E-state index contributed by atoms with van der Waals surface area (Å²) in [5, 5.41) is 8.77. The Balaban J connectivity index is 0.00000205. The molecule has 9 heteroatoms. The monoisotopic (exact) mass is 431 g/mol. The molecule has 0 amide bonds. The van der Waals surface area contributed by atoms with Gasteiger partial charge in [0.25, 0.3) is 0 Å². The molecule has 29 heavy (non-hydrogen) atoms. The van der Waals surface area contributed by atoms with Crippen molar-refractivity contribution in [2.24, 2.45) is 0 Å². The SMILES string of the molecule is COc1cc(-c2cc(F)c3nc(C4=CCNCC4)sc3c2)nn2cc(C)nc12.Cl. The highest BCUT2D eigenvalue weighted by Crippen LogP contribution is 2.34. The predicted molar refractivity (Wildman–Crippen MR) is 116 cm³/mol. The standard InChI is InChI=1S/C20H18FN5OS.ClH/c1-11-10-26-19(23-11)16(27-2)9-15(25-26)13-7-14(21)18-17(8-13)28-20(24-18)12-3-5-22-6-4-12;/h3,7-10,22H,4-6H2,1-2H3;1H. The van der Waals surface area contributed by atoms with Crippen molar-refractivity contribution in [3.05, 3.63) is 47.0 Å². The van der Waals surface area contributed by atoms with Crippen LogP contribution in [-0.2, 0) is 0 Å². The smallest absolute Gasteiger partial charge is 0.196 e. The number of methoxy groups -OCH3 is 1. The normalized spacial score (nSPS) is 14.1. The second-order valence-electron chi connectivity index (χ2n) is 6.76. The number of aryl methyl sites for hydroxylation is 1. The van der Waals surface area contributed by atoms with Gasteiger partial charge in [-0.2, -0.15) is 5.10 Å². The van der Waals surface area contributed by atoms with Gasteiger partial charge < -0.3 is 10.1 Å². The molecule has 6 nitrogen and oxygen atoms in total. The number of rotatable bonds is 3. The van der Waals surface area contributed by atoms with Gasteiger partial charge >= 0.3 is 0 Å². The van der Waals surface area contributed by atoms with Crippen molar-refractivity contribution in [1.29, 1.82) is 0 Å². The Hall–Kier alpha value is -2.55. The Morgan fingerprint density at radius 1 is 1.24 bits per heavy atom. The molecule has 0 spiro atoms. The number of hydrogen-bond donors (Lipinski definition) is 1. The van der Waals surface area contributed by atoms with Crippen LogP contribution in [0, 0.1) is 12.7 Å². The molecular formula is C20H19ClFN5OS. The van der Waals surface area contributed by atoms with E-state index in [0.717, 1.165) is 34.9 Å². The van der Waals surface area contributed by atoms with Crippen molar-refractivity contribution < 1.29 is 9.13 Å². The molecule has 5 rings (SSSR count). The van der Waals surface area contributed by atoms with E-state index in [1.807, 2.05) is 19.2 Å². The fourth-order valence-corrected chi connectivity index (χ4v) is 4.53. The zero-order chi connectivity index (χ0) is 19.3. The number of benzene rings is 1. The third-order valence-electron chi connectivity index (χ3n) is 4.81. The highest BCUT2D eigenvalue weighted by Gasteiger charge is 2.17. The molecule has 150 valence electrons. The van der Waals surface area contributed by atoms with Crippen LogP contribution in [0.4, 0.5) is 4.39 Å². The molecule has 1 aliphatic heterocycles. The van der Waals surface area contributed by atoms with Gasteiger partial charge in [-0.15, -0.1) is 23.7 Å². The van der Waals surface area contributed by atoms with Crippen molar-refractivity contribution in [2.75, 3.05) is 20.2 Å². The van der Waals surface area contributed by atoms with E-state index in [-0.39, 0.29) is 18.2 Å². The molecule has 3 aromatic heterocycles. The third-order valence-corrected chi connectivity index (χ3v) is 5.89. The van der Waals surface area contributed by atoms with Gasteiger partial charge in [0.1, 0.15) is 10.5 Å². The summed E-state index contributed by atoms with van der Waals surface area (Å²) in [4.78, 5) is 8.97. The van der Waals surface area contributed by atoms with Crippen LogP contribution in [0.2, 0.25) is 0 Å². The van der Waals surface area contributed by atoms with Crippen LogP contribution >= 0.6 is 23.7 Å². The second kappa shape index (κ2) is 7.70. The van der Waals surface area contributed by atoms with Crippen molar-refractivity contribution >= 4 is 45.2 Å². The van der Waals surface area contributed by atoms with Crippen molar-refractivity contribution in [3.8, 4) is 17.0 Å². The molecule has 1 aromatic carbocycles. The number of aromatic nitrogens is 4. The Kier molecular flexibility index (Phi) is 5.24. The lowest BCUT2D eigenvalue weighted by molar-refractivity contribution is 0.416. The lowest BCUT2D eigenvalue weighted by Crippen LogP contribution is -2.19. The summed E-state index contributed by atoms with van der Waals surface area (Å²) in [5.41, 5.74) is 4.38. The number of hydrogen-bond acceptors (Lipinski definition) is 6. The van der Waals surface area contributed by atoms with E-state index in [1.165, 1.54) is 23.0 Å². The van der Waals surface area contributed by atoms with E-state index in [4.69, 9.17) is 4.74 Å². The Morgan fingerprint density at radius 3 is 2.86 bits per heavy atom. The molecule has 0 radical (unpaired) electrons. The van der Waals surface area contributed by atoms with Crippen LogP contribution in [0.25, 0.3) is 32.7 Å². The molecule has 0 aliphatic carbocycles. The lowest BCUT2D eigenvalue weighted by atomic mass is 10.1. The van der Waals surface area contributed by atoms with E-state index in [1.54, 1.807) is 17.7 Å². The first-order valence-electron chi connectivity index (χ1n) is 9.04. The Labute approximate surface area is 176 Å². The average Bonchev–Trinajstić information content (AvgIpc) is 3.30. The minimum atomic E-state index is -0.341. The molecule has 4 heterocycles. The number of halogens is 2. The summed E-state index contributed by atoms with van der Waals surface area (Å²) in [6.45, 7) is 3.64. The Morgan fingerprint density at radius 2 is 2.10 bits per heavy atom. The van der Waals surface area contributed by atoms with Gasteiger partial charge in [0, 0.05) is 18.2 Å². The minimum Gasteiger partial charge on any atom is -0.493 e. The maximum Gasteiger partial charge on any atom is 0.196 e. The predicted octanol–water partition coefficient (Wildman–Crippen LogP) is 4.26. The number of ether oxygens (including phenoxy) is 1.